The number of aliphatic hydroxyl groups excluding tert-OH is 1. The van der Waals surface area contributed by atoms with Gasteiger partial charge in [-0.1, -0.05) is 15.9 Å². The van der Waals surface area contributed by atoms with Gasteiger partial charge in [0.15, 0.2) is 0 Å². The number of aryl methyl sites for hydroxylation is 1. The van der Waals surface area contributed by atoms with Crippen molar-refractivity contribution in [2.45, 2.75) is 13.0 Å². The highest BCUT2D eigenvalue weighted by Gasteiger charge is 2.18. The van der Waals surface area contributed by atoms with Gasteiger partial charge in [-0.25, -0.2) is 9.37 Å². The Morgan fingerprint density at radius 3 is 2.78 bits per heavy atom. The molecule has 0 spiro atoms. The van der Waals surface area contributed by atoms with E-state index in [1.165, 1.54) is 12.1 Å². The quantitative estimate of drug-likeness (QED) is 0.896. The third-order valence-corrected chi connectivity index (χ3v) is 3.13. The molecule has 0 aliphatic carbocycles. The summed E-state index contributed by atoms with van der Waals surface area (Å²) in [7, 11) is 0. The number of aliphatic hydroxyl groups is 1. The molecule has 0 radical (unpaired) electrons. The summed E-state index contributed by atoms with van der Waals surface area (Å²) in [5.41, 5.74) is 7.14. The minimum Gasteiger partial charge on any atom is -0.383 e. The monoisotopic (exact) mass is 310 g/mol. The average molecular weight is 311 g/mol. The van der Waals surface area contributed by atoms with Crippen molar-refractivity contribution in [3.05, 3.63) is 57.4 Å². The molecule has 2 aromatic rings. The van der Waals surface area contributed by atoms with Gasteiger partial charge in [0, 0.05) is 21.8 Å². The molecule has 0 saturated heterocycles. The number of nitrogens with two attached hydrogens (primary N) is 1. The fourth-order valence-electron chi connectivity index (χ4n) is 1.71. The van der Waals surface area contributed by atoms with E-state index in [9.17, 15) is 9.50 Å². The molecule has 1 aromatic heterocycles. The van der Waals surface area contributed by atoms with Gasteiger partial charge >= 0.3 is 0 Å². The van der Waals surface area contributed by atoms with Gasteiger partial charge in [0.2, 0.25) is 0 Å². The number of nitrogens with zero attached hydrogens (tertiary/aromatic N) is 1. The predicted octanol–water partition coefficient (Wildman–Crippen LogP) is 2.96. The lowest BCUT2D eigenvalue weighted by Crippen LogP contribution is -2.07. The van der Waals surface area contributed by atoms with Crippen LogP contribution in [0.3, 0.4) is 0 Å². The van der Waals surface area contributed by atoms with Crippen LogP contribution in [0.15, 0.2) is 34.9 Å². The number of hydrogen-bond donors (Lipinski definition) is 2. The van der Waals surface area contributed by atoms with Gasteiger partial charge in [-0.3, -0.25) is 0 Å². The molecule has 1 aromatic carbocycles. The van der Waals surface area contributed by atoms with E-state index in [1.54, 1.807) is 18.3 Å². The van der Waals surface area contributed by atoms with Crippen molar-refractivity contribution in [1.29, 1.82) is 0 Å². The first-order chi connectivity index (χ1) is 8.49. The maximum absolute atomic E-state index is 13.7. The second-order valence-corrected chi connectivity index (χ2v) is 4.97. The summed E-state index contributed by atoms with van der Waals surface area (Å²) in [6, 6.07) is 6.10. The van der Waals surface area contributed by atoms with Gasteiger partial charge in [-0.05, 0) is 36.8 Å². The van der Waals surface area contributed by atoms with Crippen molar-refractivity contribution in [3.63, 3.8) is 0 Å². The molecule has 1 heterocycles. The molecule has 3 nitrogen and oxygen atoms in total. The molecular formula is C13H12BrFN2O. The summed E-state index contributed by atoms with van der Waals surface area (Å²) >= 11 is 3.25. The SMILES string of the molecule is Cc1cnc(N)c(C(O)c2cc(Br)ccc2F)c1. The Bertz CT molecular complexity index is 538. The van der Waals surface area contributed by atoms with Crippen LogP contribution in [0, 0.1) is 12.7 Å². The molecule has 94 valence electrons. The second kappa shape index (κ2) is 5.04. The van der Waals surface area contributed by atoms with Gasteiger partial charge in [0.1, 0.15) is 17.7 Å². The highest BCUT2D eigenvalue weighted by atomic mass is 79.9. The van der Waals surface area contributed by atoms with Crippen LogP contribution in [-0.4, -0.2) is 10.1 Å². The first-order valence-corrected chi connectivity index (χ1v) is 6.13. The van der Waals surface area contributed by atoms with Crippen molar-refractivity contribution in [2.24, 2.45) is 0 Å². The molecule has 18 heavy (non-hydrogen) atoms. The van der Waals surface area contributed by atoms with Crippen LogP contribution in [0.5, 0.6) is 0 Å². The fraction of sp³-hybridized carbons (Fsp3) is 0.154. The molecular weight excluding hydrogens is 299 g/mol. The minimum absolute atomic E-state index is 0.170. The Labute approximate surface area is 113 Å². The molecule has 0 bridgehead atoms. The Kier molecular flexibility index (Phi) is 3.63. The normalized spacial score (nSPS) is 12.4. The smallest absolute Gasteiger partial charge is 0.129 e. The lowest BCUT2D eigenvalue weighted by atomic mass is 10.0. The molecule has 0 amide bonds. The molecule has 1 atom stereocenters. The fourth-order valence-corrected chi connectivity index (χ4v) is 2.09. The van der Waals surface area contributed by atoms with Crippen LogP contribution >= 0.6 is 15.9 Å². The van der Waals surface area contributed by atoms with E-state index >= 15 is 0 Å². The van der Waals surface area contributed by atoms with Gasteiger partial charge in [-0.2, -0.15) is 0 Å². The largest absolute Gasteiger partial charge is 0.383 e. The van der Waals surface area contributed by atoms with E-state index in [4.69, 9.17) is 5.73 Å². The third-order valence-electron chi connectivity index (χ3n) is 2.63. The zero-order valence-electron chi connectivity index (χ0n) is 9.69. The number of halogens is 2. The predicted molar refractivity (Wildman–Crippen MR) is 71.5 cm³/mol. The zero-order valence-corrected chi connectivity index (χ0v) is 11.3. The topological polar surface area (TPSA) is 59.1 Å². The van der Waals surface area contributed by atoms with Gasteiger partial charge < -0.3 is 10.8 Å². The maximum atomic E-state index is 13.7. The number of hydrogen-bond acceptors (Lipinski definition) is 3. The summed E-state index contributed by atoms with van der Waals surface area (Å²) in [5, 5.41) is 10.2. The highest BCUT2D eigenvalue weighted by molar-refractivity contribution is 9.10. The Morgan fingerprint density at radius 1 is 1.33 bits per heavy atom. The molecule has 0 aliphatic rings. The number of rotatable bonds is 2. The van der Waals surface area contributed by atoms with Gasteiger partial charge in [0.25, 0.3) is 0 Å². The molecule has 2 rings (SSSR count). The van der Waals surface area contributed by atoms with E-state index < -0.39 is 11.9 Å². The maximum Gasteiger partial charge on any atom is 0.129 e. The van der Waals surface area contributed by atoms with Gasteiger partial charge in [-0.15, -0.1) is 0 Å². The van der Waals surface area contributed by atoms with Crippen LogP contribution in [0.2, 0.25) is 0 Å². The first-order valence-electron chi connectivity index (χ1n) is 5.34. The van der Waals surface area contributed by atoms with Crippen molar-refractivity contribution in [3.8, 4) is 0 Å². The lowest BCUT2D eigenvalue weighted by Gasteiger charge is -2.15. The number of nitrogen functional groups attached to an aromatic ring is 1. The van der Waals surface area contributed by atoms with Crippen LogP contribution < -0.4 is 5.73 Å². The van der Waals surface area contributed by atoms with Gasteiger partial charge in [0.05, 0.1) is 0 Å². The first kappa shape index (κ1) is 13.0. The standard InChI is InChI=1S/C13H12BrFN2O/c1-7-4-10(13(16)17-6-7)12(18)9-5-8(14)2-3-11(9)15/h2-6,12,18H,1H3,(H2,16,17). The molecule has 0 saturated carbocycles. The Morgan fingerprint density at radius 2 is 2.06 bits per heavy atom. The average Bonchev–Trinajstić information content (AvgIpc) is 2.34. The highest BCUT2D eigenvalue weighted by Crippen LogP contribution is 2.29. The summed E-state index contributed by atoms with van der Waals surface area (Å²) in [6.45, 7) is 1.83. The van der Waals surface area contributed by atoms with E-state index in [0.29, 0.717) is 10.0 Å². The van der Waals surface area contributed by atoms with Crippen molar-refractivity contribution in [2.75, 3.05) is 5.73 Å². The summed E-state index contributed by atoms with van der Waals surface area (Å²) in [4.78, 5) is 3.96. The molecule has 0 aliphatic heterocycles. The molecule has 3 N–H and O–H groups in total. The van der Waals surface area contributed by atoms with Crippen molar-refractivity contribution in [1.82, 2.24) is 4.98 Å². The van der Waals surface area contributed by atoms with Crippen LogP contribution in [0.1, 0.15) is 22.8 Å². The molecule has 1 unspecified atom stereocenters. The summed E-state index contributed by atoms with van der Waals surface area (Å²) in [5.74, 6) is -0.279. The Hall–Kier alpha value is -1.46. The molecule has 0 fully saturated rings. The Balaban J connectivity index is 2.50. The third kappa shape index (κ3) is 2.52. The van der Waals surface area contributed by atoms with Crippen LogP contribution in [0.4, 0.5) is 10.2 Å². The van der Waals surface area contributed by atoms with Crippen molar-refractivity contribution < 1.29 is 9.50 Å². The van der Waals surface area contributed by atoms with E-state index in [0.717, 1.165) is 5.56 Å². The number of pyridine rings is 1. The summed E-state index contributed by atoms with van der Waals surface area (Å²) < 4.78 is 14.4. The number of aromatic nitrogens is 1. The zero-order chi connectivity index (χ0) is 13.3. The van der Waals surface area contributed by atoms with E-state index in [1.807, 2.05) is 6.92 Å². The minimum atomic E-state index is -1.13. The lowest BCUT2D eigenvalue weighted by molar-refractivity contribution is 0.215. The van der Waals surface area contributed by atoms with E-state index in [2.05, 4.69) is 20.9 Å². The van der Waals surface area contributed by atoms with E-state index in [-0.39, 0.29) is 11.4 Å². The van der Waals surface area contributed by atoms with Crippen LogP contribution in [-0.2, 0) is 0 Å². The van der Waals surface area contributed by atoms with Crippen LogP contribution in [0.25, 0.3) is 0 Å². The molecule has 5 heteroatoms. The van der Waals surface area contributed by atoms with Crippen molar-refractivity contribution >= 4 is 21.7 Å². The number of anilines is 1. The number of benzene rings is 1. The summed E-state index contributed by atoms with van der Waals surface area (Å²) in [6.07, 6.45) is 0.470. The second-order valence-electron chi connectivity index (χ2n) is 4.06.